The number of aliphatic hydroxyl groups is 1. The number of rotatable bonds is 6. The summed E-state index contributed by atoms with van der Waals surface area (Å²) < 4.78 is 11.0. The number of ether oxygens (including phenoxy) is 2. The Bertz CT molecular complexity index is 782. The maximum atomic E-state index is 12.8. The van der Waals surface area contributed by atoms with Gasteiger partial charge in [0.25, 0.3) is 5.91 Å². The second-order valence-corrected chi connectivity index (χ2v) is 7.46. The number of likely N-dealkylation sites (tertiary alicyclic amines) is 1. The van der Waals surface area contributed by atoms with Gasteiger partial charge in [-0.3, -0.25) is 9.89 Å². The quantitative estimate of drug-likeness (QED) is 0.813. The van der Waals surface area contributed by atoms with Gasteiger partial charge in [-0.2, -0.15) is 5.10 Å². The van der Waals surface area contributed by atoms with Crippen molar-refractivity contribution in [2.24, 2.45) is 5.92 Å². The lowest BCUT2D eigenvalue weighted by molar-refractivity contribution is -0.0147. The topological polar surface area (TPSA) is 87.7 Å². The summed E-state index contributed by atoms with van der Waals surface area (Å²) in [6, 6.07) is 9.11. The van der Waals surface area contributed by atoms with E-state index >= 15 is 0 Å². The van der Waals surface area contributed by atoms with Gasteiger partial charge in [-0.1, -0.05) is 12.1 Å². The molecule has 0 bridgehead atoms. The van der Waals surface area contributed by atoms with Crippen LogP contribution in [0.2, 0.25) is 0 Å². The van der Waals surface area contributed by atoms with Crippen LogP contribution in [0.3, 0.4) is 0 Å². The molecule has 1 saturated heterocycles. The number of methoxy groups -OCH3 is 1. The van der Waals surface area contributed by atoms with E-state index in [1.165, 1.54) is 0 Å². The first-order chi connectivity index (χ1) is 12.9. The highest BCUT2D eigenvalue weighted by Crippen LogP contribution is 2.28. The fraction of sp³-hybridized carbons (Fsp3) is 0.500. The minimum Gasteiger partial charge on any atom is -0.493 e. The number of carbonyl (C=O) groups is 1. The van der Waals surface area contributed by atoms with Crippen LogP contribution in [-0.4, -0.2) is 51.9 Å². The van der Waals surface area contributed by atoms with Gasteiger partial charge in [0.05, 0.1) is 18.4 Å². The Hall–Kier alpha value is -2.54. The lowest BCUT2D eigenvalue weighted by Crippen LogP contribution is -2.47. The molecule has 7 nitrogen and oxygen atoms in total. The number of carbonyl (C=O) groups excluding carboxylic acids is 1. The molecular formula is C20H27N3O4. The van der Waals surface area contributed by atoms with Crippen LogP contribution < -0.4 is 9.47 Å². The van der Waals surface area contributed by atoms with E-state index in [0.29, 0.717) is 36.0 Å². The van der Waals surface area contributed by atoms with Crippen LogP contribution in [0.5, 0.6) is 11.5 Å². The van der Waals surface area contributed by atoms with Crippen LogP contribution in [0.4, 0.5) is 0 Å². The fourth-order valence-electron chi connectivity index (χ4n) is 3.34. The summed E-state index contributed by atoms with van der Waals surface area (Å²) in [6.07, 6.45) is 1.81. The molecule has 3 rings (SSSR count). The number of para-hydroxylation sites is 2. The first-order valence-electron chi connectivity index (χ1n) is 9.20. The van der Waals surface area contributed by atoms with Crippen LogP contribution in [0, 0.1) is 5.92 Å². The molecule has 1 aliphatic rings. The zero-order valence-electron chi connectivity index (χ0n) is 16.1. The zero-order valence-corrected chi connectivity index (χ0v) is 16.1. The second-order valence-electron chi connectivity index (χ2n) is 7.46. The van der Waals surface area contributed by atoms with Gasteiger partial charge in [0.2, 0.25) is 0 Å². The van der Waals surface area contributed by atoms with Crippen molar-refractivity contribution >= 4 is 5.91 Å². The van der Waals surface area contributed by atoms with Crippen molar-refractivity contribution in [2.45, 2.75) is 38.9 Å². The summed E-state index contributed by atoms with van der Waals surface area (Å²) in [5.74, 6) is 1.23. The second kappa shape index (κ2) is 8.00. The number of nitrogens with zero attached hydrogens (tertiary/aromatic N) is 2. The Labute approximate surface area is 159 Å². The van der Waals surface area contributed by atoms with Gasteiger partial charge >= 0.3 is 0 Å². The average molecular weight is 373 g/mol. The molecule has 0 aliphatic carbocycles. The monoisotopic (exact) mass is 373 g/mol. The number of benzene rings is 1. The summed E-state index contributed by atoms with van der Waals surface area (Å²) in [6.45, 7) is 5.08. The first-order valence-corrected chi connectivity index (χ1v) is 9.20. The maximum absolute atomic E-state index is 12.8. The van der Waals surface area contributed by atoms with Crippen molar-refractivity contribution in [2.75, 3.05) is 20.2 Å². The molecule has 1 aromatic carbocycles. The molecule has 2 N–H and O–H groups in total. The van der Waals surface area contributed by atoms with Gasteiger partial charge in [-0.05, 0) is 44.9 Å². The summed E-state index contributed by atoms with van der Waals surface area (Å²) in [5, 5.41) is 17.3. The van der Waals surface area contributed by atoms with Crippen molar-refractivity contribution in [3.05, 3.63) is 41.7 Å². The number of hydrogen-bond donors (Lipinski definition) is 2. The predicted molar refractivity (Wildman–Crippen MR) is 101 cm³/mol. The Kier molecular flexibility index (Phi) is 5.70. The van der Waals surface area contributed by atoms with E-state index in [-0.39, 0.29) is 18.4 Å². The number of nitrogens with one attached hydrogen (secondary N) is 1. The van der Waals surface area contributed by atoms with E-state index in [4.69, 9.17) is 9.47 Å². The van der Waals surface area contributed by atoms with Crippen LogP contribution >= 0.6 is 0 Å². The van der Waals surface area contributed by atoms with Crippen LogP contribution in [0.1, 0.15) is 42.9 Å². The minimum atomic E-state index is -0.793. The van der Waals surface area contributed by atoms with Crippen molar-refractivity contribution in [1.82, 2.24) is 15.1 Å². The van der Waals surface area contributed by atoms with E-state index in [2.05, 4.69) is 10.2 Å². The summed E-state index contributed by atoms with van der Waals surface area (Å²) in [7, 11) is 1.59. The number of amides is 1. The standard InChI is InChI=1S/C20H27N3O4/c1-20(2,25)14-7-6-10-23(12-14)19(24)16-11-15(21-22-16)13-27-18-9-5-4-8-17(18)26-3/h4-5,8-9,11,14,25H,6-7,10,12-13H2,1-3H3,(H,21,22)/t14-/m1/s1. The van der Waals surface area contributed by atoms with Gasteiger partial charge in [-0.15, -0.1) is 0 Å². The molecule has 1 atom stereocenters. The smallest absolute Gasteiger partial charge is 0.274 e. The summed E-state index contributed by atoms with van der Waals surface area (Å²) in [5.41, 5.74) is 0.281. The Morgan fingerprint density at radius 1 is 1.37 bits per heavy atom. The molecule has 0 spiro atoms. The number of aromatic nitrogens is 2. The lowest BCUT2D eigenvalue weighted by atomic mass is 9.84. The molecule has 0 radical (unpaired) electrons. The van der Waals surface area contributed by atoms with E-state index in [0.717, 1.165) is 12.8 Å². The number of piperidine rings is 1. The van der Waals surface area contributed by atoms with Crippen molar-refractivity contribution in [1.29, 1.82) is 0 Å². The van der Waals surface area contributed by atoms with Crippen molar-refractivity contribution in [3.8, 4) is 11.5 Å². The molecule has 1 fully saturated rings. The van der Waals surface area contributed by atoms with E-state index in [1.54, 1.807) is 31.9 Å². The number of aromatic amines is 1. The molecule has 0 saturated carbocycles. The van der Waals surface area contributed by atoms with Gasteiger partial charge in [0.15, 0.2) is 17.2 Å². The average Bonchev–Trinajstić information content (AvgIpc) is 3.14. The molecule has 1 amide bonds. The molecule has 0 unspecified atom stereocenters. The van der Waals surface area contributed by atoms with Crippen molar-refractivity contribution in [3.63, 3.8) is 0 Å². The molecule has 27 heavy (non-hydrogen) atoms. The highest BCUT2D eigenvalue weighted by atomic mass is 16.5. The maximum Gasteiger partial charge on any atom is 0.274 e. The highest BCUT2D eigenvalue weighted by molar-refractivity contribution is 5.92. The minimum absolute atomic E-state index is 0.0718. The first kappa shape index (κ1) is 19.2. The van der Waals surface area contributed by atoms with Crippen LogP contribution in [0.25, 0.3) is 0 Å². The molecule has 1 aromatic heterocycles. The van der Waals surface area contributed by atoms with Gasteiger partial charge in [-0.25, -0.2) is 0 Å². The largest absolute Gasteiger partial charge is 0.493 e. The predicted octanol–water partition coefficient (Wildman–Crippen LogP) is 2.62. The number of hydrogen-bond acceptors (Lipinski definition) is 5. The SMILES string of the molecule is COc1ccccc1OCc1cc(C(=O)N2CCC[C@@H](C(C)(C)O)C2)n[nH]1. The molecule has 2 heterocycles. The van der Waals surface area contributed by atoms with Crippen LogP contribution in [-0.2, 0) is 6.61 Å². The molecule has 1 aliphatic heterocycles. The molecule has 146 valence electrons. The normalized spacial score (nSPS) is 17.6. The van der Waals surface area contributed by atoms with Gasteiger partial charge < -0.3 is 19.5 Å². The number of H-pyrrole nitrogens is 1. The van der Waals surface area contributed by atoms with Gasteiger partial charge in [0.1, 0.15) is 6.61 Å². The van der Waals surface area contributed by atoms with E-state index < -0.39 is 5.60 Å². The highest BCUT2D eigenvalue weighted by Gasteiger charge is 2.33. The Balaban J connectivity index is 1.62. The Morgan fingerprint density at radius 3 is 2.81 bits per heavy atom. The molecule has 2 aromatic rings. The Morgan fingerprint density at radius 2 is 2.11 bits per heavy atom. The third-order valence-corrected chi connectivity index (χ3v) is 5.01. The third kappa shape index (κ3) is 4.60. The third-order valence-electron chi connectivity index (χ3n) is 5.01. The van der Waals surface area contributed by atoms with Crippen molar-refractivity contribution < 1.29 is 19.4 Å². The zero-order chi connectivity index (χ0) is 19.4. The van der Waals surface area contributed by atoms with Gasteiger partial charge in [0, 0.05) is 19.0 Å². The van der Waals surface area contributed by atoms with E-state index in [1.807, 2.05) is 24.3 Å². The van der Waals surface area contributed by atoms with E-state index in [9.17, 15) is 9.90 Å². The molecule has 7 heteroatoms. The fourth-order valence-corrected chi connectivity index (χ4v) is 3.34. The lowest BCUT2D eigenvalue weighted by Gasteiger charge is -2.38. The summed E-state index contributed by atoms with van der Waals surface area (Å²) >= 11 is 0. The summed E-state index contributed by atoms with van der Waals surface area (Å²) in [4.78, 5) is 14.5. The molecular weight excluding hydrogens is 346 g/mol. The van der Waals surface area contributed by atoms with Crippen LogP contribution in [0.15, 0.2) is 30.3 Å².